The minimum absolute atomic E-state index is 0.322. The van der Waals surface area contributed by atoms with Gasteiger partial charge in [0.2, 0.25) is 0 Å². The van der Waals surface area contributed by atoms with E-state index in [4.69, 9.17) is 27.6 Å². The molecule has 1 aromatic heterocycles. The van der Waals surface area contributed by atoms with E-state index < -0.39 is 11.6 Å². The molecule has 0 aliphatic carbocycles. The number of rotatable bonds is 4. The number of imide groups is 1. The van der Waals surface area contributed by atoms with Crippen molar-refractivity contribution in [2.24, 2.45) is 0 Å². The number of aryl methyl sites for hydroxylation is 2. The van der Waals surface area contributed by atoms with Crippen molar-refractivity contribution in [3.05, 3.63) is 86.8 Å². The summed E-state index contributed by atoms with van der Waals surface area (Å²) in [5.74, 6) is 0.995. The average molecular weight is 523 g/mol. The van der Waals surface area contributed by atoms with Crippen molar-refractivity contribution >= 4 is 40.8 Å². The molecule has 0 N–H and O–H groups in total. The van der Waals surface area contributed by atoms with Crippen molar-refractivity contribution in [1.82, 2.24) is 9.80 Å². The summed E-state index contributed by atoms with van der Waals surface area (Å²) in [5, 5.41) is 9.92. The Morgan fingerprint density at radius 1 is 1.08 bits per heavy atom. The van der Waals surface area contributed by atoms with E-state index in [2.05, 4.69) is 11.0 Å². The number of hydrogen-bond donors (Lipinski definition) is 0. The molecule has 0 radical (unpaired) electrons. The molecule has 184 valence electrons. The number of carbonyl (C=O) groups excluding carboxylic acids is 2. The summed E-state index contributed by atoms with van der Waals surface area (Å²) in [5.41, 5.74) is 1.65. The summed E-state index contributed by atoms with van der Waals surface area (Å²) in [6.07, 6.45) is 0. The predicted molar refractivity (Wildman–Crippen MR) is 137 cm³/mol. The lowest BCUT2D eigenvalue weighted by Gasteiger charge is -2.34. The standard InChI is InChI=1S/C27H24Cl2N4O3/c1-16-8-23(36-17(16)2)13-32-14-24(19-6-4-18(12-30)5-7-19)27(15-32)25(34)33(26(35)31(27)3)22-10-20(28)9-21(29)11-22/h4-11,24H,13-15H2,1-3H3/t24-,27+/m0/s1. The SMILES string of the molecule is Cc1cc(CN2C[C@@H](c3ccc(C#N)cc3)[C@]3(C2)C(=O)N(c2cc(Cl)cc(Cl)c2)C(=O)N3C)oc1C. The van der Waals surface area contributed by atoms with E-state index in [0.717, 1.165) is 22.6 Å². The Morgan fingerprint density at radius 3 is 2.33 bits per heavy atom. The van der Waals surface area contributed by atoms with Gasteiger partial charge < -0.3 is 9.32 Å². The summed E-state index contributed by atoms with van der Waals surface area (Å²) in [4.78, 5) is 32.6. The maximum absolute atomic E-state index is 14.2. The third kappa shape index (κ3) is 3.86. The van der Waals surface area contributed by atoms with Crippen LogP contribution in [0.2, 0.25) is 10.0 Å². The van der Waals surface area contributed by atoms with Crippen LogP contribution in [-0.2, 0) is 11.3 Å². The van der Waals surface area contributed by atoms with Gasteiger partial charge in [-0.15, -0.1) is 0 Å². The molecule has 5 rings (SSSR count). The van der Waals surface area contributed by atoms with Crippen LogP contribution in [0.1, 0.15) is 34.1 Å². The Morgan fingerprint density at radius 2 is 1.75 bits per heavy atom. The lowest BCUT2D eigenvalue weighted by atomic mass is 9.80. The van der Waals surface area contributed by atoms with Gasteiger partial charge in [0.25, 0.3) is 5.91 Å². The fourth-order valence-electron chi connectivity index (χ4n) is 5.36. The topological polar surface area (TPSA) is 80.8 Å². The Balaban J connectivity index is 1.58. The van der Waals surface area contributed by atoms with Crippen molar-refractivity contribution in [2.45, 2.75) is 31.8 Å². The van der Waals surface area contributed by atoms with Gasteiger partial charge in [-0.05, 0) is 61.4 Å². The smallest absolute Gasteiger partial charge is 0.332 e. The molecule has 9 heteroatoms. The number of nitriles is 1. The van der Waals surface area contributed by atoms with Crippen LogP contribution in [0, 0.1) is 25.2 Å². The van der Waals surface area contributed by atoms with E-state index in [0.29, 0.717) is 40.9 Å². The predicted octanol–water partition coefficient (Wildman–Crippen LogP) is 5.51. The van der Waals surface area contributed by atoms with E-state index >= 15 is 0 Å². The average Bonchev–Trinajstić information content (AvgIpc) is 3.43. The van der Waals surface area contributed by atoms with Crippen molar-refractivity contribution in [2.75, 3.05) is 25.0 Å². The number of likely N-dealkylation sites (N-methyl/N-ethyl adjacent to an activating group) is 1. The van der Waals surface area contributed by atoms with Crippen LogP contribution < -0.4 is 4.90 Å². The molecule has 3 heterocycles. The summed E-state index contributed by atoms with van der Waals surface area (Å²) < 4.78 is 5.91. The summed E-state index contributed by atoms with van der Waals surface area (Å²) in [6, 6.07) is 15.6. The molecule has 0 bridgehead atoms. The number of furan rings is 1. The molecule has 7 nitrogen and oxygen atoms in total. The molecule has 2 aliphatic rings. The highest BCUT2D eigenvalue weighted by atomic mass is 35.5. The minimum atomic E-state index is -1.16. The molecular weight excluding hydrogens is 499 g/mol. The number of nitrogens with zero attached hydrogens (tertiary/aromatic N) is 4. The summed E-state index contributed by atoms with van der Waals surface area (Å²) in [6.45, 7) is 5.27. The van der Waals surface area contributed by atoms with Crippen molar-refractivity contribution < 1.29 is 14.0 Å². The summed E-state index contributed by atoms with van der Waals surface area (Å²) >= 11 is 12.4. The number of benzene rings is 2. The van der Waals surface area contributed by atoms with Crippen LogP contribution in [0.15, 0.2) is 52.9 Å². The lowest BCUT2D eigenvalue weighted by Crippen LogP contribution is -2.53. The van der Waals surface area contributed by atoms with Crippen LogP contribution in [0.3, 0.4) is 0 Å². The monoisotopic (exact) mass is 522 g/mol. The number of halogens is 2. The lowest BCUT2D eigenvalue weighted by molar-refractivity contribution is -0.124. The first-order valence-electron chi connectivity index (χ1n) is 11.5. The second kappa shape index (κ2) is 8.97. The molecule has 1 spiro atoms. The van der Waals surface area contributed by atoms with Crippen LogP contribution in [0.4, 0.5) is 10.5 Å². The number of amides is 3. The van der Waals surface area contributed by atoms with E-state index in [1.165, 1.54) is 9.80 Å². The zero-order chi connectivity index (χ0) is 25.8. The normalized spacial score (nSPS) is 22.2. The molecule has 36 heavy (non-hydrogen) atoms. The zero-order valence-corrected chi connectivity index (χ0v) is 21.6. The molecule has 3 amide bonds. The molecule has 3 aromatic rings. The minimum Gasteiger partial charge on any atom is -0.465 e. The van der Waals surface area contributed by atoms with Gasteiger partial charge in [0.15, 0.2) is 0 Å². The fourth-order valence-corrected chi connectivity index (χ4v) is 5.88. The number of urea groups is 1. The van der Waals surface area contributed by atoms with Gasteiger partial charge in [-0.3, -0.25) is 9.69 Å². The molecule has 2 fully saturated rings. The van der Waals surface area contributed by atoms with E-state index in [9.17, 15) is 14.9 Å². The number of likely N-dealkylation sites (tertiary alicyclic amines) is 1. The highest BCUT2D eigenvalue weighted by Crippen LogP contribution is 2.47. The van der Waals surface area contributed by atoms with Crippen molar-refractivity contribution in [3.8, 4) is 6.07 Å². The Bertz CT molecular complexity index is 1370. The van der Waals surface area contributed by atoms with Gasteiger partial charge in [0.1, 0.15) is 17.1 Å². The third-order valence-electron chi connectivity index (χ3n) is 7.28. The Labute approximate surface area is 219 Å². The second-order valence-corrected chi connectivity index (χ2v) is 10.3. The maximum atomic E-state index is 14.2. The molecule has 0 saturated carbocycles. The number of carbonyl (C=O) groups is 2. The van der Waals surface area contributed by atoms with Crippen molar-refractivity contribution in [3.63, 3.8) is 0 Å². The van der Waals surface area contributed by atoms with E-state index in [1.807, 2.05) is 32.0 Å². The van der Waals surface area contributed by atoms with Gasteiger partial charge in [0.05, 0.1) is 23.9 Å². The van der Waals surface area contributed by atoms with Crippen LogP contribution in [0.25, 0.3) is 0 Å². The molecule has 0 unspecified atom stereocenters. The zero-order valence-electron chi connectivity index (χ0n) is 20.1. The first-order valence-corrected chi connectivity index (χ1v) is 12.3. The highest BCUT2D eigenvalue weighted by Gasteiger charge is 2.64. The first kappa shape index (κ1) is 24.4. The van der Waals surface area contributed by atoms with Crippen LogP contribution in [0.5, 0.6) is 0 Å². The van der Waals surface area contributed by atoms with Gasteiger partial charge in [0, 0.05) is 36.1 Å². The number of hydrogen-bond acceptors (Lipinski definition) is 5. The molecule has 2 aliphatic heterocycles. The first-order chi connectivity index (χ1) is 17.1. The molecular formula is C27H24Cl2N4O3. The highest BCUT2D eigenvalue weighted by molar-refractivity contribution is 6.35. The molecule has 2 saturated heterocycles. The second-order valence-electron chi connectivity index (χ2n) is 9.44. The molecule has 2 atom stereocenters. The van der Waals surface area contributed by atoms with Gasteiger partial charge in [-0.1, -0.05) is 35.3 Å². The van der Waals surface area contributed by atoms with Crippen LogP contribution in [-0.4, -0.2) is 47.4 Å². The van der Waals surface area contributed by atoms with Gasteiger partial charge in [-0.2, -0.15) is 5.26 Å². The maximum Gasteiger partial charge on any atom is 0.332 e. The Hall–Kier alpha value is -3.31. The van der Waals surface area contributed by atoms with Crippen molar-refractivity contribution in [1.29, 1.82) is 5.26 Å². The number of anilines is 1. The quantitative estimate of drug-likeness (QED) is 0.422. The van der Waals surface area contributed by atoms with E-state index in [1.54, 1.807) is 37.4 Å². The fraction of sp³-hybridized carbons (Fsp3) is 0.296. The molecule has 2 aromatic carbocycles. The summed E-state index contributed by atoms with van der Waals surface area (Å²) in [7, 11) is 1.66. The van der Waals surface area contributed by atoms with E-state index in [-0.39, 0.29) is 11.8 Å². The Kier molecular flexibility index (Phi) is 6.08. The third-order valence-corrected chi connectivity index (χ3v) is 7.71. The van der Waals surface area contributed by atoms with Crippen LogP contribution >= 0.6 is 23.2 Å². The largest absolute Gasteiger partial charge is 0.465 e. The van der Waals surface area contributed by atoms with Gasteiger partial charge >= 0.3 is 6.03 Å². The van der Waals surface area contributed by atoms with Gasteiger partial charge in [-0.25, -0.2) is 9.69 Å².